The fraction of sp³-hybridized carbons (Fsp3) is 0.667. The molecule has 0 bridgehead atoms. The molecule has 0 spiro atoms. The lowest BCUT2D eigenvalue weighted by atomic mass is 9.80. The van der Waals surface area contributed by atoms with Gasteiger partial charge in [-0.3, -0.25) is 0 Å². The summed E-state index contributed by atoms with van der Waals surface area (Å²) in [5.41, 5.74) is 0. The lowest BCUT2D eigenvalue weighted by Crippen LogP contribution is -2.26. The van der Waals surface area contributed by atoms with Crippen molar-refractivity contribution in [2.45, 2.75) is 25.3 Å². The van der Waals surface area contributed by atoms with Gasteiger partial charge in [-0.1, -0.05) is 0 Å². The molecule has 0 aromatic carbocycles. The molecule has 0 amide bonds. The number of aldehydes is 2. The van der Waals surface area contributed by atoms with Gasteiger partial charge in [-0.25, -0.2) is 9.79 Å². The smallest absolute Gasteiger partial charge is 0.235 e. The van der Waals surface area contributed by atoms with E-state index in [9.17, 15) is 14.4 Å². The van der Waals surface area contributed by atoms with E-state index in [1.54, 1.807) is 0 Å². The zero-order valence-electron chi connectivity index (χ0n) is 7.18. The first-order valence-electron chi connectivity index (χ1n) is 4.27. The molecule has 0 radical (unpaired) electrons. The first-order chi connectivity index (χ1) is 6.30. The third kappa shape index (κ3) is 2.60. The van der Waals surface area contributed by atoms with E-state index in [1.807, 2.05) is 0 Å². The number of carbonyl (C=O) groups is 2. The van der Waals surface area contributed by atoms with Crippen LogP contribution in [0.25, 0.3) is 0 Å². The van der Waals surface area contributed by atoms with Crippen LogP contribution in [-0.2, 0) is 14.4 Å². The predicted molar refractivity (Wildman–Crippen MR) is 44.9 cm³/mol. The van der Waals surface area contributed by atoms with Crippen LogP contribution in [0.1, 0.15) is 19.3 Å². The first-order valence-corrected chi connectivity index (χ1v) is 4.27. The van der Waals surface area contributed by atoms with Crippen LogP contribution in [0.4, 0.5) is 0 Å². The van der Waals surface area contributed by atoms with Crippen molar-refractivity contribution in [2.24, 2.45) is 16.8 Å². The van der Waals surface area contributed by atoms with Gasteiger partial charge in [0.25, 0.3) is 0 Å². The number of carbonyl (C=O) groups excluding carboxylic acids is 3. The second-order valence-electron chi connectivity index (χ2n) is 3.37. The molecule has 13 heavy (non-hydrogen) atoms. The Balaban J connectivity index is 2.63. The minimum Gasteiger partial charge on any atom is -0.303 e. The zero-order chi connectivity index (χ0) is 9.68. The Morgan fingerprint density at radius 2 is 1.62 bits per heavy atom. The summed E-state index contributed by atoms with van der Waals surface area (Å²) in [4.78, 5) is 34.6. The van der Waals surface area contributed by atoms with E-state index < -0.39 is 0 Å². The van der Waals surface area contributed by atoms with Crippen LogP contribution in [0, 0.1) is 11.8 Å². The van der Waals surface area contributed by atoms with Crippen molar-refractivity contribution < 1.29 is 14.4 Å². The van der Waals surface area contributed by atoms with Gasteiger partial charge in [-0.05, 0) is 19.3 Å². The van der Waals surface area contributed by atoms with Gasteiger partial charge < -0.3 is 9.59 Å². The second-order valence-corrected chi connectivity index (χ2v) is 3.37. The number of nitrogens with zero attached hydrogens (tertiary/aromatic N) is 1. The topological polar surface area (TPSA) is 63.6 Å². The molecule has 1 fully saturated rings. The summed E-state index contributed by atoms with van der Waals surface area (Å²) in [5, 5.41) is 0. The molecular weight excluding hydrogens is 170 g/mol. The molecule has 0 saturated heterocycles. The Morgan fingerprint density at radius 3 is 2.00 bits per heavy atom. The van der Waals surface area contributed by atoms with E-state index in [-0.39, 0.29) is 17.9 Å². The van der Waals surface area contributed by atoms with Gasteiger partial charge in [-0.15, -0.1) is 0 Å². The standard InChI is InChI=1S/C9H11NO3/c11-4-7-1-8(5-12)3-9(2-7)10-6-13/h4-5,7-9H,1-3H2. The molecule has 0 N–H and O–H groups in total. The molecule has 1 aliphatic carbocycles. The average molecular weight is 181 g/mol. The lowest BCUT2D eigenvalue weighted by Gasteiger charge is -2.25. The van der Waals surface area contributed by atoms with Crippen molar-refractivity contribution in [1.29, 1.82) is 0 Å². The highest BCUT2D eigenvalue weighted by molar-refractivity contribution is 5.59. The van der Waals surface area contributed by atoms with E-state index in [2.05, 4.69) is 4.99 Å². The van der Waals surface area contributed by atoms with Gasteiger partial charge in [0.2, 0.25) is 6.08 Å². The number of hydrogen-bond donors (Lipinski definition) is 0. The van der Waals surface area contributed by atoms with Crippen molar-refractivity contribution in [1.82, 2.24) is 0 Å². The van der Waals surface area contributed by atoms with E-state index >= 15 is 0 Å². The van der Waals surface area contributed by atoms with E-state index in [0.29, 0.717) is 19.3 Å². The fourth-order valence-corrected chi connectivity index (χ4v) is 1.78. The highest BCUT2D eigenvalue weighted by atomic mass is 16.1. The molecule has 1 aliphatic rings. The van der Waals surface area contributed by atoms with Crippen molar-refractivity contribution in [2.75, 3.05) is 0 Å². The largest absolute Gasteiger partial charge is 0.303 e. The zero-order valence-corrected chi connectivity index (χ0v) is 7.18. The summed E-state index contributed by atoms with van der Waals surface area (Å²) in [5.74, 6) is -0.267. The molecule has 70 valence electrons. The van der Waals surface area contributed by atoms with Crippen molar-refractivity contribution in [3.8, 4) is 0 Å². The third-order valence-electron chi connectivity index (χ3n) is 2.38. The first kappa shape index (κ1) is 9.81. The lowest BCUT2D eigenvalue weighted by molar-refractivity contribution is -0.115. The van der Waals surface area contributed by atoms with Crippen LogP contribution in [0.2, 0.25) is 0 Å². The maximum absolute atomic E-state index is 10.5. The molecule has 4 heteroatoms. The minimum atomic E-state index is -0.198. The third-order valence-corrected chi connectivity index (χ3v) is 2.38. The number of hydrogen-bond acceptors (Lipinski definition) is 4. The van der Waals surface area contributed by atoms with E-state index in [1.165, 1.54) is 6.08 Å². The van der Waals surface area contributed by atoms with Crippen LogP contribution in [0.3, 0.4) is 0 Å². The summed E-state index contributed by atoms with van der Waals surface area (Å²) < 4.78 is 0. The van der Waals surface area contributed by atoms with Gasteiger partial charge in [0.15, 0.2) is 0 Å². The molecule has 0 aliphatic heterocycles. The Morgan fingerprint density at radius 1 is 1.08 bits per heavy atom. The summed E-state index contributed by atoms with van der Waals surface area (Å²) in [7, 11) is 0. The molecular formula is C9H11NO3. The summed E-state index contributed by atoms with van der Waals surface area (Å²) in [6.45, 7) is 0. The van der Waals surface area contributed by atoms with Crippen molar-refractivity contribution >= 4 is 18.7 Å². The van der Waals surface area contributed by atoms with Gasteiger partial charge in [0.05, 0.1) is 6.04 Å². The Kier molecular flexibility index (Phi) is 3.53. The van der Waals surface area contributed by atoms with Gasteiger partial charge >= 0.3 is 0 Å². The Labute approximate surface area is 76.0 Å². The summed E-state index contributed by atoms with van der Waals surface area (Å²) in [6.07, 6.45) is 4.88. The number of isocyanates is 1. The summed E-state index contributed by atoms with van der Waals surface area (Å²) >= 11 is 0. The van der Waals surface area contributed by atoms with Crippen LogP contribution in [0.15, 0.2) is 4.99 Å². The molecule has 2 atom stereocenters. The van der Waals surface area contributed by atoms with Crippen LogP contribution < -0.4 is 0 Å². The predicted octanol–water partition coefficient (Wildman–Crippen LogP) is 0.505. The van der Waals surface area contributed by atoms with E-state index in [0.717, 1.165) is 12.6 Å². The highest BCUT2D eigenvalue weighted by Gasteiger charge is 2.28. The van der Waals surface area contributed by atoms with Crippen LogP contribution >= 0.6 is 0 Å². The van der Waals surface area contributed by atoms with Crippen LogP contribution in [0.5, 0.6) is 0 Å². The fourth-order valence-electron chi connectivity index (χ4n) is 1.78. The number of rotatable bonds is 3. The maximum atomic E-state index is 10.5. The van der Waals surface area contributed by atoms with E-state index in [4.69, 9.17) is 0 Å². The molecule has 0 aromatic rings. The quantitative estimate of drug-likeness (QED) is 0.362. The van der Waals surface area contributed by atoms with Gasteiger partial charge in [0.1, 0.15) is 12.6 Å². The van der Waals surface area contributed by atoms with Crippen molar-refractivity contribution in [3.05, 3.63) is 0 Å². The molecule has 4 nitrogen and oxygen atoms in total. The molecule has 2 unspecified atom stereocenters. The minimum absolute atomic E-state index is 0.133. The van der Waals surface area contributed by atoms with Crippen LogP contribution in [-0.4, -0.2) is 24.7 Å². The normalized spacial score (nSPS) is 33.1. The summed E-state index contributed by atoms with van der Waals surface area (Å²) in [6, 6.07) is -0.198. The number of aliphatic imine (C=N–C) groups is 1. The van der Waals surface area contributed by atoms with Crippen molar-refractivity contribution in [3.63, 3.8) is 0 Å². The molecule has 0 heterocycles. The molecule has 1 saturated carbocycles. The molecule has 0 aromatic heterocycles. The highest BCUT2D eigenvalue weighted by Crippen LogP contribution is 2.28. The van der Waals surface area contributed by atoms with Gasteiger partial charge in [0, 0.05) is 11.8 Å². The Bertz CT molecular complexity index is 229. The second kappa shape index (κ2) is 4.67. The molecule has 1 rings (SSSR count). The van der Waals surface area contributed by atoms with Gasteiger partial charge in [-0.2, -0.15) is 0 Å². The SMILES string of the molecule is O=C=NC1CC(C=O)CC(C=O)C1. The Hall–Kier alpha value is -1.28. The average Bonchev–Trinajstić information content (AvgIpc) is 2.17. The maximum Gasteiger partial charge on any atom is 0.235 e. The monoisotopic (exact) mass is 181 g/mol.